The summed E-state index contributed by atoms with van der Waals surface area (Å²) >= 11 is 0. The average Bonchev–Trinajstić information content (AvgIpc) is 2.61. The molecule has 0 aromatic heterocycles. The fourth-order valence-corrected chi connectivity index (χ4v) is 3.18. The minimum Gasteiger partial charge on any atom is -0.350 e. The summed E-state index contributed by atoms with van der Waals surface area (Å²) in [5.74, 6) is 0.760. The third-order valence-electron chi connectivity index (χ3n) is 4.78. The number of nitrogens with one attached hydrogen (secondary N) is 3. The maximum atomic E-state index is 12.2. The van der Waals surface area contributed by atoms with Gasteiger partial charge in [-0.2, -0.15) is 0 Å². The van der Waals surface area contributed by atoms with Crippen LogP contribution in [0.15, 0.2) is 30.3 Å². The molecule has 1 fully saturated rings. The van der Waals surface area contributed by atoms with E-state index in [0.29, 0.717) is 24.8 Å². The Bertz CT molecular complexity index is 527. The maximum absolute atomic E-state index is 12.2. The van der Waals surface area contributed by atoms with E-state index in [2.05, 4.69) is 22.9 Å². The molecule has 0 bridgehead atoms. The highest BCUT2D eigenvalue weighted by Crippen LogP contribution is 2.24. The zero-order chi connectivity index (χ0) is 17.4. The molecule has 1 aromatic carbocycles. The van der Waals surface area contributed by atoms with Gasteiger partial charge < -0.3 is 16.0 Å². The van der Waals surface area contributed by atoms with Crippen molar-refractivity contribution in [2.24, 2.45) is 11.8 Å². The van der Waals surface area contributed by atoms with Gasteiger partial charge in [0.25, 0.3) is 0 Å². The summed E-state index contributed by atoms with van der Waals surface area (Å²) < 4.78 is 0. The number of hydrogen-bond acceptors (Lipinski definition) is 3. The monoisotopic (exact) mass is 331 g/mol. The molecule has 1 heterocycles. The largest absolute Gasteiger partial charge is 0.350 e. The molecule has 1 aromatic rings. The molecule has 2 unspecified atom stereocenters. The van der Waals surface area contributed by atoms with E-state index in [1.165, 1.54) is 0 Å². The lowest BCUT2D eigenvalue weighted by atomic mass is 9.84. The van der Waals surface area contributed by atoms with Crippen LogP contribution in [0.3, 0.4) is 0 Å². The Kier molecular flexibility index (Phi) is 7.25. The van der Waals surface area contributed by atoms with E-state index in [1.54, 1.807) is 6.92 Å². The van der Waals surface area contributed by atoms with Gasteiger partial charge in [-0.25, -0.2) is 0 Å². The van der Waals surface area contributed by atoms with Gasteiger partial charge in [-0.3, -0.25) is 9.59 Å². The zero-order valence-corrected chi connectivity index (χ0v) is 14.7. The summed E-state index contributed by atoms with van der Waals surface area (Å²) in [6, 6.07) is 9.23. The molecule has 0 aliphatic carbocycles. The van der Waals surface area contributed by atoms with Gasteiger partial charge in [-0.05, 0) is 50.3 Å². The summed E-state index contributed by atoms with van der Waals surface area (Å²) in [5, 5.41) is 9.02. The van der Waals surface area contributed by atoms with Gasteiger partial charge in [0.15, 0.2) is 0 Å². The second kappa shape index (κ2) is 9.42. The fourth-order valence-electron chi connectivity index (χ4n) is 3.18. The van der Waals surface area contributed by atoms with Gasteiger partial charge in [-0.1, -0.05) is 37.3 Å². The maximum Gasteiger partial charge on any atom is 0.242 e. The molecule has 5 nitrogen and oxygen atoms in total. The van der Waals surface area contributed by atoms with Crippen molar-refractivity contribution >= 4 is 11.8 Å². The Morgan fingerprint density at radius 1 is 1.17 bits per heavy atom. The molecular weight excluding hydrogens is 302 g/mol. The number of piperidine rings is 1. The van der Waals surface area contributed by atoms with E-state index >= 15 is 0 Å². The average molecular weight is 331 g/mol. The summed E-state index contributed by atoms with van der Waals surface area (Å²) in [4.78, 5) is 24.3. The Labute approximate surface area is 144 Å². The normalized spacial score (nSPS) is 17.8. The fraction of sp³-hybridized carbons (Fsp3) is 0.579. The minimum atomic E-state index is -0.513. The van der Waals surface area contributed by atoms with Crippen LogP contribution in [-0.4, -0.2) is 30.9 Å². The van der Waals surface area contributed by atoms with Gasteiger partial charge in [0.1, 0.15) is 6.04 Å². The summed E-state index contributed by atoms with van der Waals surface area (Å²) in [6.07, 6.45) is 2.74. The Balaban J connectivity index is 1.70. The second-order valence-electron chi connectivity index (χ2n) is 6.76. The first kappa shape index (κ1) is 18.5. The summed E-state index contributed by atoms with van der Waals surface area (Å²) in [7, 11) is 0. The summed E-state index contributed by atoms with van der Waals surface area (Å²) in [5.41, 5.74) is 1.05. The van der Waals surface area contributed by atoms with Crippen molar-refractivity contribution in [1.82, 2.24) is 16.0 Å². The highest BCUT2D eigenvalue weighted by atomic mass is 16.2. The molecular formula is C19H29N3O2. The van der Waals surface area contributed by atoms with E-state index in [4.69, 9.17) is 0 Å². The lowest BCUT2D eigenvalue weighted by molar-refractivity contribution is -0.129. The molecule has 132 valence electrons. The van der Waals surface area contributed by atoms with Crippen LogP contribution >= 0.6 is 0 Å². The molecule has 2 rings (SSSR count). The number of carbonyl (C=O) groups excluding carboxylic acids is 2. The summed E-state index contributed by atoms with van der Waals surface area (Å²) in [6.45, 7) is 6.42. The molecule has 2 atom stereocenters. The predicted octanol–water partition coefficient (Wildman–Crippen LogP) is 1.83. The van der Waals surface area contributed by atoms with Crippen LogP contribution in [0.5, 0.6) is 0 Å². The SMILES string of the molecule is CC(NC(=O)CC(C)C1CCNCC1)C(=O)NCc1ccccc1. The Hall–Kier alpha value is -1.88. The highest BCUT2D eigenvalue weighted by molar-refractivity contribution is 5.87. The van der Waals surface area contributed by atoms with Gasteiger partial charge in [0.05, 0.1) is 0 Å². The number of carbonyl (C=O) groups is 2. The standard InChI is InChI=1S/C19H29N3O2/c1-14(17-8-10-20-11-9-17)12-18(23)22-15(2)19(24)21-13-16-6-4-3-5-7-16/h3-7,14-15,17,20H,8-13H2,1-2H3,(H,21,24)(H,22,23). The quantitative estimate of drug-likeness (QED) is 0.714. The van der Waals surface area contributed by atoms with Crippen LogP contribution in [0.2, 0.25) is 0 Å². The van der Waals surface area contributed by atoms with Gasteiger partial charge in [-0.15, -0.1) is 0 Å². The molecule has 24 heavy (non-hydrogen) atoms. The Morgan fingerprint density at radius 3 is 2.50 bits per heavy atom. The first-order valence-electron chi connectivity index (χ1n) is 8.88. The number of benzene rings is 1. The number of hydrogen-bond donors (Lipinski definition) is 3. The molecule has 1 saturated heterocycles. The van der Waals surface area contributed by atoms with Crippen molar-refractivity contribution in [2.45, 2.75) is 45.7 Å². The van der Waals surface area contributed by atoms with Crippen molar-refractivity contribution in [3.05, 3.63) is 35.9 Å². The van der Waals surface area contributed by atoms with Crippen molar-refractivity contribution in [3.8, 4) is 0 Å². The van der Waals surface area contributed by atoms with E-state index in [1.807, 2.05) is 30.3 Å². The van der Waals surface area contributed by atoms with Gasteiger partial charge >= 0.3 is 0 Å². The zero-order valence-electron chi connectivity index (χ0n) is 14.7. The van der Waals surface area contributed by atoms with Crippen LogP contribution in [0, 0.1) is 11.8 Å². The lowest BCUT2D eigenvalue weighted by Crippen LogP contribution is -2.45. The van der Waals surface area contributed by atoms with Crippen molar-refractivity contribution < 1.29 is 9.59 Å². The topological polar surface area (TPSA) is 70.2 Å². The van der Waals surface area contributed by atoms with Crippen LogP contribution in [0.4, 0.5) is 0 Å². The van der Waals surface area contributed by atoms with Crippen molar-refractivity contribution in [3.63, 3.8) is 0 Å². The van der Waals surface area contributed by atoms with E-state index in [-0.39, 0.29) is 11.8 Å². The van der Waals surface area contributed by atoms with Crippen LogP contribution < -0.4 is 16.0 Å². The smallest absolute Gasteiger partial charge is 0.242 e. The first-order valence-corrected chi connectivity index (χ1v) is 8.88. The van der Waals surface area contributed by atoms with E-state index < -0.39 is 6.04 Å². The van der Waals surface area contributed by atoms with Gasteiger partial charge in [0, 0.05) is 13.0 Å². The molecule has 3 N–H and O–H groups in total. The molecule has 2 amide bonds. The Morgan fingerprint density at radius 2 is 1.83 bits per heavy atom. The third-order valence-corrected chi connectivity index (χ3v) is 4.78. The van der Waals surface area contributed by atoms with Gasteiger partial charge in [0.2, 0.25) is 11.8 Å². The molecule has 0 saturated carbocycles. The number of amides is 2. The molecule has 0 spiro atoms. The van der Waals surface area contributed by atoms with Crippen LogP contribution in [0.1, 0.15) is 38.7 Å². The molecule has 5 heteroatoms. The third kappa shape index (κ3) is 5.96. The van der Waals surface area contributed by atoms with Crippen molar-refractivity contribution in [2.75, 3.05) is 13.1 Å². The molecule has 0 radical (unpaired) electrons. The van der Waals surface area contributed by atoms with Crippen LogP contribution in [-0.2, 0) is 16.1 Å². The van der Waals surface area contributed by atoms with E-state index in [0.717, 1.165) is 31.5 Å². The molecule has 1 aliphatic rings. The first-order chi connectivity index (χ1) is 11.6. The van der Waals surface area contributed by atoms with E-state index in [9.17, 15) is 9.59 Å². The number of rotatable bonds is 7. The lowest BCUT2D eigenvalue weighted by Gasteiger charge is -2.28. The molecule has 1 aliphatic heterocycles. The highest BCUT2D eigenvalue weighted by Gasteiger charge is 2.23. The van der Waals surface area contributed by atoms with Crippen molar-refractivity contribution in [1.29, 1.82) is 0 Å². The van der Waals surface area contributed by atoms with Crippen LogP contribution in [0.25, 0.3) is 0 Å². The predicted molar refractivity (Wildman–Crippen MR) is 95.3 cm³/mol. The minimum absolute atomic E-state index is 0.0385. The second-order valence-corrected chi connectivity index (χ2v) is 6.76.